The van der Waals surface area contributed by atoms with E-state index in [0.717, 1.165) is 11.1 Å². The second-order valence-electron chi connectivity index (χ2n) is 8.19. The van der Waals surface area contributed by atoms with Gasteiger partial charge in [0.1, 0.15) is 31.8 Å². The van der Waals surface area contributed by atoms with Crippen molar-refractivity contribution in [3.05, 3.63) is 71.8 Å². The summed E-state index contributed by atoms with van der Waals surface area (Å²) in [6.07, 6.45) is -1.60. The molecule has 1 aliphatic heterocycles. The maximum Gasteiger partial charge on any atom is 0.407 e. The van der Waals surface area contributed by atoms with Crippen molar-refractivity contribution >= 4 is 23.9 Å². The average molecular weight is 484 g/mol. The standard InChI is InChI=1S/C25H29N3O7/c1-17(27-22(30)13-26-25(33)35-16-19-10-6-3-7-11-19)23(31)28-14-20(29)12-21(28)24(32)34-15-18-8-4-2-5-9-18/h2-11,17,20-21,29H,12-16H2,1H3,(H,26,33)(H,27,30)/t17-,20-,21+/m0/s1. The number of nitrogens with one attached hydrogen (secondary N) is 2. The third-order valence-electron chi connectivity index (χ3n) is 5.41. The molecule has 2 aromatic rings. The first kappa shape index (κ1) is 25.7. The topological polar surface area (TPSA) is 134 Å². The smallest absolute Gasteiger partial charge is 0.407 e. The Labute approximate surface area is 203 Å². The molecule has 10 heteroatoms. The van der Waals surface area contributed by atoms with E-state index in [9.17, 15) is 24.3 Å². The Kier molecular flexibility index (Phi) is 9.19. The summed E-state index contributed by atoms with van der Waals surface area (Å²) in [7, 11) is 0. The van der Waals surface area contributed by atoms with Crippen LogP contribution in [0, 0.1) is 0 Å². The number of aliphatic hydroxyl groups excluding tert-OH is 1. The second kappa shape index (κ2) is 12.5. The van der Waals surface area contributed by atoms with E-state index in [1.807, 2.05) is 48.5 Å². The lowest BCUT2D eigenvalue weighted by molar-refractivity contribution is -0.155. The van der Waals surface area contributed by atoms with Crippen LogP contribution in [-0.2, 0) is 37.1 Å². The SMILES string of the molecule is C[C@H](NC(=O)CNC(=O)OCc1ccccc1)C(=O)N1C[C@@H](O)C[C@@H]1C(=O)OCc1ccccc1. The van der Waals surface area contributed by atoms with Crippen LogP contribution in [0.25, 0.3) is 0 Å². The molecule has 35 heavy (non-hydrogen) atoms. The van der Waals surface area contributed by atoms with Crippen LogP contribution in [-0.4, -0.2) is 65.2 Å². The second-order valence-corrected chi connectivity index (χ2v) is 8.19. The monoisotopic (exact) mass is 483 g/mol. The molecule has 0 unspecified atom stereocenters. The molecule has 0 radical (unpaired) electrons. The van der Waals surface area contributed by atoms with Gasteiger partial charge in [0.25, 0.3) is 0 Å². The van der Waals surface area contributed by atoms with Gasteiger partial charge in [-0.2, -0.15) is 0 Å². The zero-order chi connectivity index (χ0) is 25.2. The van der Waals surface area contributed by atoms with Gasteiger partial charge < -0.3 is 30.1 Å². The van der Waals surface area contributed by atoms with Gasteiger partial charge >= 0.3 is 12.1 Å². The molecule has 1 heterocycles. The first-order valence-electron chi connectivity index (χ1n) is 11.3. The lowest BCUT2D eigenvalue weighted by Gasteiger charge is -2.26. The molecule has 0 aliphatic carbocycles. The predicted molar refractivity (Wildman–Crippen MR) is 125 cm³/mol. The average Bonchev–Trinajstić information content (AvgIpc) is 3.27. The molecule has 3 N–H and O–H groups in total. The molecule has 3 rings (SSSR count). The summed E-state index contributed by atoms with van der Waals surface area (Å²) < 4.78 is 10.4. The molecule has 2 aromatic carbocycles. The fourth-order valence-corrected chi connectivity index (χ4v) is 3.64. The maximum atomic E-state index is 12.9. The molecule has 0 saturated carbocycles. The summed E-state index contributed by atoms with van der Waals surface area (Å²) in [6.45, 7) is 1.13. The third-order valence-corrected chi connectivity index (χ3v) is 5.41. The number of amides is 3. The summed E-state index contributed by atoms with van der Waals surface area (Å²) in [5.41, 5.74) is 1.60. The van der Waals surface area contributed by atoms with Crippen molar-refractivity contribution in [2.45, 2.75) is 44.7 Å². The van der Waals surface area contributed by atoms with E-state index in [1.54, 1.807) is 12.1 Å². The lowest BCUT2D eigenvalue weighted by atomic mass is 10.2. The predicted octanol–water partition coefficient (Wildman–Crippen LogP) is 1.12. The number of hydrogen-bond donors (Lipinski definition) is 3. The minimum Gasteiger partial charge on any atom is -0.459 e. The number of alkyl carbamates (subject to hydrolysis) is 1. The van der Waals surface area contributed by atoms with Crippen LogP contribution in [0.15, 0.2) is 60.7 Å². The van der Waals surface area contributed by atoms with Crippen molar-refractivity contribution in [3.63, 3.8) is 0 Å². The number of nitrogens with zero attached hydrogens (tertiary/aromatic N) is 1. The highest BCUT2D eigenvalue weighted by Gasteiger charge is 2.41. The van der Waals surface area contributed by atoms with Gasteiger partial charge in [-0.1, -0.05) is 60.7 Å². The molecule has 0 spiro atoms. The van der Waals surface area contributed by atoms with E-state index in [0.29, 0.717) is 0 Å². The van der Waals surface area contributed by atoms with Crippen LogP contribution >= 0.6 is 0 Å². The number of carbonyl (C=O) groups is 4. The van der Waals surface area contributed by atoms with E-state index in [-0.39, 0.29) is 26.2 Å². The zero-order valence-electron chi connectivity index (χ0n) is 19.4. The van der Waals surface area contributed by atoms with E-state index in [1.165, 1.54) is 11.8 Å². The number of hydrogen-bond acceptors (Lipinski definition) is 7. The highest BCUT2D eigenvalue weighted by atomic mass is 16.5. The Balaban J connectivity index is 1.44. The van der Waals surface area contributed by atoms with Gasteiger partial charge in [-0.25, -0.2) is 9.59 Å². The van der Waals surface area contributed by atoms with Gasteiger partial charge in [0.05, 0.1) is 6.10 Å². The van der Waals surface area contributed by atoms with Crippen LogP contribution in [0.1, 0.15) is 24.5 Å². The molecule has 10 nitrogen and oxygen atoms in total. The third kappa shape index (κ3) is 7.82. The summed E-state index contributed by atoms with van der Waals surface area (Å²) >= 11 is 0. The number of β-amino-alcohol motifs (C(OH)–C–C–N with tert-alkyl or cyclic N) is 1. The van der Waals surface area contributed by atoms with Gasteiger partial charge in [-0.3, -0.25) is 9.59 Å². The van der Waals surface area contributed by atoms with Gasteiger partial charge in [-0.05, 0) is 18.1 Å². The number of aliphatic hydroxyl groups is 1. The molecule has 0 aromatic heterocycles. The summed E-state index contributed by atoms with van der Waals surface area (Å²) in [4.78, 5) is 50.7. The lowest BCUT2D eigenvalue weighted by Crippen LogP contribution is -2.52. The minimum atomic E-state index is -0.987. The molecule has 0 bridgehead atoms. The number of benzene rings is 2. The van der Waals surface area contributed by atoms with Crippen LogP contribution in [0.3, 0.4) is 0 Å². The Morgan fingerprint density at radius 3 is 2.14 bits per heavy atom. The van der Waals surface area contributed by atoms with Gasteiger partial charge in [-0.15, -0.1) is 0 Å². The van der Waals surface area contributed by atoms with Gasteiger partial charge in [0, 0.05) is 13.0 Å². The Bertz CT molecular complexity index is 1020. The van der Waals surface area contributed by atoms with E-state index in [2.05, 4.69) is 10.6 Å². The Morgan fingerprint density at radius 1 is 0.971 bits per heavy atom. The fraction of sp³-hybridized carbons (Fsp3) is 0.360. The van der Waals surface area contributed by atoms with Crippen molar-refractivity contribution in [3.8, 4) is 0 Å². The number of likely N-dealkylation sites (tertiary alicyclic amines) is 1. The molecule has 1 aliphatic rings. The van der Waals surface area contributed by atoms with Crippen LogP contribution < -0.4 is 10.6 Å². The Morgan fingerprint density at radius 2 is 1.54 bits per heavy atom. The maximum absolute atomic E-state index is 12.9. The van der Waals surface area contributed by atoms with E-state index in [4.69, 9.17) is 9.47 Å². The number of rotatable bonds is 9. The fourth-order valence-electron chi connectivity index (χ4n) is 3.64. The van der Waals surface area contributed by atoms with Gasteiger partial charge in [0.2, 0.25) is 11.8 Å². The van der Waals surface area contributed by atoms with Crippen molar-refractivity contribution < 1.29 is 33.8 Å². The Hall–Kier alpha value is -3.92. The van der Waals surface area contributed by atoms with Crippen molar-refractivity contribution in [1.82, 2.24) is 15.5 Å². The molecular weight excluding hydrogens is 454 g/mol. The molecule has 186 valence electrons. The van der Waals surface area contributed by atoms with Crippen LogP contribution in [0.4, 0.5) is 4.79 Å². The molecule has 3 atom stereocenters. The molecular formula is C25H29N3O7. The van der Waals surface area contributed by atoms with Gasteiger partial charge in [0.15, 0.2) is 0 Å². The minimum absolute atomic E-state index is 0.0474. The molecule has 1 saturated heterocycles. The number of ether oxygens (including phenoxy) is 2. The summed E-state index contributed by atoms with van der Waals surface area (Å²) in [5, 5.41) is 14.8. The van der Waals surface area contributed by atoms with Crippen molar-refractivity contribution in [2.75, 3.05) is 13.1 Å². The van der Waals surface area contributed by atoms with Crippen LogP contribution in [0.2, 0.25) is 0 Å². The highest BCUT2D eigenvalue weighted by molar-refractivity contribution is 5.92. The molecule has 3 amide bonds. The largest absolute Gasteiger partial charge is 0.459 e. The van der Waals surface area contributed by atoms with Crippen molar-refractivity contribution in [2.24, 2.45) is 0 Å². The van der Waals surface area contributed by atoms with Crippen LogP contribution in [0.5, 0.6) is 0 Å². The van der Waals surface area contributed by atoms with E-state index >= 15 is 0 Å². The molecule has 1 fully saturated rings. The normalized spacial score (nSPS) is 17.8. The quantitative estimate of drug-likeness (QED) is 0.455. The summed E-state index contributed by atoms with van der Waals surface area (Å²) in [6, 6.07) is 16.2. The zero-order valence-corrected chi connectivity index (χ0v) is 19.4. The number of esters is 1. The highest BCUT2D eigenvalue weighted by Crippen LogP contribution is 2.21. The van der Waals surface area contributed by atoms with Crippen molar-refractivity contribution in [1.29, 1.82) is 0 Å². The first-order valence-corrected chi connectivity index (χ1v) is 11.3. The first-order chi connectivity index (χ1) is 16.8. The number of carbonyl (C=O) groups excluding carboxylic acids is 4. The summed E-state index contributed by atoms with van der Waals surface area (Å²) in [5.74, 6) is -1.77. The van der Waals surface area contributed by atoms with E-state index < -0.39 is 48.6 Å².